The quantitative estimate of drug-likeness (QED) is 0.803. The molecule has 0 unspecified atom stereocenters. The Morgan fingerprint density at radius 2 is 2.21 bits per heavy atom. The molecule has 0 amide bonds. The summed E-state index contributed by atoms with van der Waals surface area (Å²) in [6.45, 7) is 6.84. The van der Waals surface area contributed by atoms with E-state index in [1.165, 1.54) is 6.07 Å². The second kappa shape index (κ2) is 5.31. The Morgan fingerprint density at radius 1 is 1.53 bits per heavy atom. The summed E-state index contributed by atoms with van der Waals surface area (Å²) >= 11 is 7.49. The van der Waals surface area contributed by atoms with Crippen molar-refractivity contribution in [3.05, 3.63) is 17.6 Å². The maximum atomic E-state index is 12.6. The van der Waals surface area contributed by atoms with Crippen molar-refractivity contribution >= 4 is 33.4 Å². The average molecular weight is 324 g/mol. The van der Waals surface area contributed by atoms with Gasteiger partial charge in [-0.25, -0.2) is 8.42 Å². The molecule has 7 heteroatoms. The van der Waals surface area contributed by atoms with E-state index in [1.807, 2.05) is 0 Å². The third-order valence-electron chi connectivity index (χ3n) is 3.06. The van der Waals surface area contributed by atoms with Crippen LogP contribution in [0.15, 0.2) is 15.4 Å². The Hall–Kier alpha value is -0.170. The zero-order chi connectivity index (χ0) is 14.3. The first kappa shape index (κ1) is 15.2. The summed E-state index contributed by atoms with van der Waals surface area (Å²) in [5.74, 6) is 1.89. The molecular formula is C12H18ClNO3S2. The lowest BCUT2D eigenvalue weighted by molar-refractivity contribution is 0.386. The summed E-state index contributed by atoms with van der Waals surface area (Å²) in [6, 6.07) is 1.53. The molecule has 4 nitrogen and oxygen atoms in total. The predicted molar refractivity (Wildman–Crippen MR) is 78.3 cm³/mol. The van der Waals surface area contributed by atoms with Crippen molar-refractivity contribution in [2.75, 3.05) is 18.8 Å². The number of rotatable bonds is 3. The van der Waals surface area contributed by atoms with E-state index < -0.39 is 10.0 Å². The molecule has 2 rings (SSSR count). The third kappa shape index (κ3) is 3.12. The molecule has 0 bridgehead atoms. The van der Waals surface area contributed by atoms with Crippen molar-refractivity contribution in [1.29, 1.82) is 0 Å². The summed E-state index contributed by atoms with van der Waals surface area (Å²) < 4.78 is 32.1. The smallest absolute Gasteiger partial charge is 0.246 e. The van der Waals surface area contributed by atoms with Crippen LogP contribution >= 0.6 is 23.4 Å². The maximum Gasteiger partial charge on any atom is 0.246 e. The normalized spacial score (nSPS) is 20.6. The van der Waals surface area contributed by atoms with Gasteiger partial charge in [0.05, 0.1) is 5.88 Å². The lowest BCUT2D eigenvalue weighted by Crippen LogP contribution is -2.46. The molecule has 0 saturated carbocycles. The highest BCUT2D eigenvalue weighted by Crippen LogP contribution is 2.33. The Balaban J connectivity index is 2.34. The lowest BCUT2D eigenvalue weighted by Gasteiger charge is -2.36. The third-order valence-corrected chi connectivity index (χ3v) is 6.58. The zero-order valence-corrected chi connectivity index (χ0v) is 13.7. The number of aryl methyl sites for hydroxylation is 1. The van der Waals surface area contributed by atoms with Gasteiger partial charge in [0, 0.05) is 29.7 Å². The number of thioether (sulfide) groups is 1. The van der Waals surface area contributed by atoms with Gasteiger partial charge in [-0.1, -0.05) is 0 Å². The molecule has 108 valence electrons. The van der Waals surface area contributed by atoms with Crippen LogP contribution in [0.25, 0.3) is 0 Å². The van der Waals surface area contributed by atoms with E-state index in [1.54, 1.807) is 23.0 Å². The summed E-state index contributed by atoms with van der Waals surface area (Å²) in [5.41, 5.74) is 0. The molecule has 0 aromatic carbocycles. The monoisotopic (exact) mass is 323 g/mol. The maximum absolute atomic E-state index is 12.6. The Labute approximate surface area is 123 Å². The van der Waals surface area contributed by atoms with Crippen molar-refractivity contribution in [2.45, 2.75) is 36.3 Å². The molecule has 2 heterocycles. The SMILES string of the molecule is Cc1oc(CCl)cc1S(=O)(=O)N1CCSC(C)(C)C1. The van der Waals surface area contributed by atoms with Gasteiger partial charge in [0.1, 0.15) is 16.4 Å². The highest BCUT2D eigenvalue weighted by Gasteiger charge is 2.36. The van der Waals surface area contributed by atoms with Gasteiger partial charge < -0.3 is 4.42 Å². The first-order valence-corrected chi connectivity index (χ1v) is 9.02. The van der Waals surface area contributed by atoms with Gasteiger partial charge in [-0.2, -0.15) is 16.1 Å². The Bertz CT molecular complexity index is 566. The average Bonchev–Trinajstić information content (AvgIpc) is 2.70. The molecule has 1 aromatic heterocycles. The number of halogens is 1. The lowest BCUT2D eigenvalue weighted by atomic mass is 10.2. The van der Waals surface area contributed by atoms with Crippen molar-refractivity contribution in [3.63, 3.8) is 0 Å². The second-order valence-electron chi connectivity index (χ2n) is 5.21. The van der Waals surface area contributed by atoms with E-state index in [9.17, 15) is 8.42 Å². The van der Waals surface area contributed by atoms with Gasteiger partial charge >= 0.3 is 0 Å². The summed E-state index contributed by atoms with van der Waals surface area (Å²) in [4.78, 5) is 0.242. The molecule has 19 heavy (non-hydrogen) atoms. The Kier molecular flexibility index (Phi) is 4.26. The van der Waals surface area contributed by atoms with E-state index in [0.29, 0.717) is 24.6 Å². The fourth-order valence-electron chi connectivity index (χ4n) is 2.16. The topological polar surface area (TPSA) is 50.5 Å². The minimum absolute atomic E-state index is 0.0573. The van der Waals surface area contributed by atoms with Crippen LogP contribution in [0.3, 0.4) is 0 Å². The van der Waals surface area contributed by atoms with Gasteiger partial charge in [0.25, 0.3) is 0 Å². The summed E-state index contributed by atoms with van der Waals surface area (Å²) in [5, 5.41) is 0. The van der Waals surface area contributed by atoms with E-state index in [-0.39, 0.29) is 15.5 Å². The molecule has 0 atom stereocenters. The van der Waals surface area contributed by atoms with Gasteiger partial charge in [0.2, 0.25) is 10.0 Å². The second-order valence-corrected chi connectivity index (χ2v) is 9.19. The molecule has 0 spiro atoms. The van der Waals surface area contributed by atoms with Gasteiger partial charge in [-0.3, -0.25) is 0 Å². The highest BCUT2D eigenvalue weighted by atomic mass is 35.5. The molecule has 0 radical (unpaired) electrons. The summed E-state index contributed by atoms with van der Waals surface area (Å²) in [6.07, 6.45) is 0. The molecular weight excluding hydrogens is 306 g/mol. The zero-order valence-electron chi connectivity index (χ0n) is 11.3. The van der Waals surface area contributed by atoms with E-state index in [0.717, 1.165) is 5.75 Å². The first-order chi connectivity index (χ1) is 8.76. The predicted octanol–water partition coefficient (Wildman–Crippen LogP) is 2.84. The molecule has 1 aromatic rings. The molecule has 0 aliphatic carbocycles. The first-order valence-electron chi connectivity index (χ1n) is 6.06. The van der Waals surface area contributed by atoms with Crippen molar-refractivity contribution in [3.8, 4) is 0 Å². The number of hydrogen-bond donors (Lipinski definition) is 0. The molecule has 1 fully saturated rings. The molecule has 0 N–H and O–H groups in total. The fourth-order valence-corrected chi connectivity index (χ4v) is 5.39. The minimum atomic E-state index is -3.49. The number of nitrogens with zero attached hydrogens (tertiary/aromatic N) is 1. The largest absolute Gasteiger partial charge is 0.464 e. The highest BCUT2D eigenvalue weighted by molar-refractivity contribution is 8.00. The number of hydrogen-bond acceptors (Lipinski definition) is 4. The van der Waals surface area contributed by atoms with Crippen molar-refractivity contribution < 1.29 is 12.8 Å². The van der Waals surface area contributed by atoms with Crippen LogP contribution in [-0.2, 0) is 15.9 Å². The van der Waals surface area contributed by atoms with Gasteiger partial charge in [-0.15, -0.1) is 11.6 Å². The van der Waals surface area contributed by atoms with Crippen LogP contribution in [0.2, 0.25) is 0 Å². The fraction of sp³-hybridized carbons (Fsp3) is 0.667. The Morgan fingerprint density at radius 3 is 2.74 bits per heavy atom. The molecule has 1 saturated heterocycles. The van der Waals surface area contributed by atoms with Crippen LogP contribution in [0, 0.1) is 6.92 Å². The van der Waals surface area contributed by atoms with Crippen LogP contribution < -0.4 is 0 Å². The van der Waals surface area contributed by atoms with Crippen LogP contribution in [0.1, 0.15) is 25.4 Å². The van der Waals surface area contributed by atoms with Crippen LogP contribution in [-0.4, -0.2) is 36.3 Å². The molecule has 1 aliphatic rings. The van der Waals surface area contributed by atoms with Gasteiger partial charge in [0.15, 0.2) is 0 Å². The standard InChI is InChI=1S/C12H18ClNO3S2/c1-9-11(6-10(7-13)17-9)19(15,16)14-4-5-18-12(2,3)8-14/h6H,4-5,7-8H2,1-3H3. The van der Waals surface area contributed by atoms with Crippen molar-refractivity contribution in [2.24, 2.45) is 0 Å². The van der Waals surface area contributed by atoms with E-state index in [2.05, 4.69) is 13.8 Å². The van der Waals surface area contributed by atoms with Gasteiger partial charge in [-0.05, 0) is 20.8 Å². The number of furan rings is 1. The number of alkyl halides is 1. The van der Waals surface area contributed by atoms with E-state index in [4.69, 9.17) is 16.0 Å². The molecule has 1 aliphatic heterocycles. The van der Waals surface area contributed by atoms with Crippen molar-refractivity contribution in [1.82, 2.24) is 4.31 Å². The number of sulfonamides is 1. The van der Waals surface area contributed by atoms with E-state index >= 15 is 0 Å². The summed E-state index contributed by atoms with van der Waals surface area (Å²) in [7, 11) is -3.49. The van der Waals surface area contributed by atoms with Crippen LogP contribution in [0.4, 0.5) is 0 Å². The van der Waals surface area contributed by atoms with Crippen LogP contribution in [0.5, 0.6) is 0 Å². The minimum Gasteiger partial charge on any atom is -0.464 e.